The van der Waals surface area contributed by atoms with E-state index in [-0.39, 0.29) is 6.54 Å². The molecule has 2 rings (SSSR count). The van der Waals surface area contributed by atoms with Crippen LogP contribution in [0.15, 0.2) is 0 Å². The second kappa shape index (κ2) is 7.63. The van der Waals surface area contributed by atoms with E-state index < -0.39 is 68.0 Å². The summed E-state index contributed by atoms with van der Waals surface area (Å²) in [4.78, 5) is 0. The number of ether oxygens (including phenoxy) is 3. The molecule has 11 heteroatoms. The number of rotatable bonds is 4. The molecule has 0 amide bonds. The van der Waals surface area contributed by atoms with Crippen LogP contribution in [0.2, 0.25) is 0 Å². The summed E-state index contributed by atoms with van der Waals surface area (Å²) in [6.45, 7) is -0.814. The van der Waals surface area contributed by atoms with E-state index in [9.17, 15) is 30.6 Å². The Bertz CT molecular complexity index is 349. The van der Waals surface area contributed by atoms with Gasteiger partial charge >= 0.3 is 0 Å². The largest absolute Gasteiger partial charge is 0.394 e. The van der Waals surface area contributed by atoms with Gasteiger partial charge in [0.2, 0.25) is 0 Å². The minimum Gasteiger partial charge on any atom is -0.394 e. The molecule has 2 saturated heterocycles. The van der Waals surface area contributed by atoms with Gasteiger partial charge in [0.1, 0.15) is 48.8 Å². The van der Waals surface area contributed by atoms with Crippen LogP contribution in [0.4, 0.5) is 0 Å². The summed E-state index contributed by atoms with van der Waals surface area (Å²) < 4.78 is 15.5. The molecule has 136 valence electrons. The van der Waals surface area contributed by atoms with E-state index in [1.807, 2.05) is 0 Å². The first-order valence-electron chi connectivity index (χ1n) is 7.17. The molecule has 23 heavy (non-hydrogen) atoms. The minimum atomic E-state index is -1.69. The van der Waals surface area contributed by atoms with Crippen molar-refractivity contribution in [3.05, 3.63) is 0 Å². The monoisotopic (exact) mass is 341 g/mol. The molecule has 2 aliphatic rings. The van der Waals surface area contributed by atoms with Crippen molar-refractivity contribution in [3.63, 3.8) is 0 Å². The zero-order valence-corrected chi connectivity index (χ0v) is 12.1. The van der Waals surface area contributed by atoms with Crippen LogP contribution in [-0.2, 0) is 14.2 Å². The molecule has 0 aromatic heterocycles. The highest BCUT2D eigenvalue weighted by Crippen LogP contribution is 2.27. The van der Waals surface area contributed by atoms with E-state index in [0.29, 0.717) is 0 Å². The molecule has 2 aliphatic heterocycles. The van der Waals surface area contributed by atoms with Gasteiger partial charge in [-0.15, -0.1) is 0 Å². The first-order chi connectivity index (χ1) is 10.8. The Balaban J connectivity index is 2.07. The zero-order valence-electron chi connectivity index (χ0n) is 12.1. The maximum absolute atomic E-state index is 9.88. The topological polar surface area (TPSA) is 195 Å². The predicted octanol–water partition coefficient (Wildman–Crippen LogP) is -5.43. The molecule has 0 radical (unpaired) electrons. The number of aliphatic hydroxyl groups is 7. The Kier molecular flexibility index (Phi) is 6.27. The molecule has 0 bridgehead atoms. The van der Waals surface area contributed by atoms with Crippen molar-refractivity contribution in [2.45, 2.75) is 61.4 Å². The standard InChI is InChI=1S/C12H23NO10/c13-1-3-5(15)7(17)9(19)11(21-3)23-12-10(20)8(18)6(16)4(2-14)22-12/h3-12,14-20H,1-2,13H2/t3?,4?,5-,6-,7?,8?,9-,10?,11-,12-/m1/s1. The molecule has 0 saturated carbocycles. The van der Waals surface area contributed by atoms with Crippen LogP contribution in [0.5, 0.6) is 0 Å². The Morgan fingerprint density at radius 2 is 1.13 bits per heavy atom. The molecule has 0 aromatic carbocycles. The second-order valence-corrected chi connectivity index (χ2v) is 5.58. The van der Waals surface area contributed by atoms with Gasteiger partial charge in [-0.25, -0.2) is 0 Å². The molecule has 0 spiro atoms. The van der Waals surface area contributed by atoms with Crippen LogP contribution in [0.25, 0.3) is 0 Å². The maximum atomic E-state index is 9.88. The zero-order chi connectivity index (χ0) is 17.3. The highest BCUT2D eigenvalue weighted by atomic mass is 16.8. The summed E-state index contributed by atoms with van der Waals surface area (Å²) in [6.07, 6.45) is -14.9. The van der Waals surface area contributed by atoms with Crippen LogP contribution in [-0.4, -0.2) is 110 Å². The summed E-state index contributed by atoms with van der Waals surface area (Å²) in [5.74, 6) is 0. The molecule has 11 nitrogen and oxygen atoms in total. The molecule has 2 heterocycles. The third kappa shape index (κ3) is 3.65. The molecule has 9 N–H and O–H groups in total. The average molecular weight is 341 g/mol. The Morgan fingerprint density at radius 1 is 0.696 bits per heavy atom. The third-order valence-corrected chi connectivity index (χ3v) is 4.02. The number of aliphatic hydroxyl groups excluding tert-OH is 7. The van der Waals surface area contributed by atoms with Crippen molar-refractivity contribution in [1.29, 1.82) is 0 Å². The van der Waals surface area contributed by atoms with Crippen molar-refractivity contribution in [3.8, 4) is 0 Å². The van der Waals surface area contributed by atoms with Gasteiger partial charge in [0.05, 0.1) is 6.61 Å². The van der Waals surface area contributed by atoms with E-state index in [1.165, 1.54) is 0 Å². The van der Waals surface area contributed by atoms with E-state index in [1.54, 1.807) is 0 Å². The van der Waals surface area contributed by atoms with Crippen LogP contribution in [0, 0.1) is 0 Å². The first-order valence-corrected chi connectivity index (χ1v) is 7.17. The molecular formula is C12H23NO10. The van der Waals surface area contributed by atoms with E-state index in [0.717, 1.165) is 0 Å². The molecular weight excluding hydrogens is 318 g/mol. The first kappa shape index (κ1) is 18.9. The van der Waals surface area contributed by atoms with Crippen LogP contribution < -0.4 is 5.73 Å². The molecule has 2 fully saturated rings. The maximum Gasteiger partial charge on any atom is 0.189 e. The smallest absolute Gasteiger partial charge is 0.189 e. The van der Waals surface area contributed by atoms with Crippen molar-refractivity contribution in [2.75, 3.05) is 13.2 Å². The highest BCUT2D eigenvalue weighted by molar-refractivity contribution is 4.92. The number of hydrogen-bond donors (Lipinski definition) is 8. The second-order valence-electron chi connectivity index (χ2n) is 5.58. The summed E-state index contributed by atoms with van der Waals surface area (Å²) in [5, 5.41) is 67.6. The summed E-state index contributed by atoms with van der Waals surface area (Å²) >= 11 is 0. The average Bonchev–Trinajstić information content (AvgIpc) is 2.55. The SMILES string of the molecule is NCC1O[C@H](O[C@H]2OC(CO)[C@@H](O)C(O)C2O)[C@H](O)C(O)[C@@H]1O. The molecule has 0 aliphatic carbocycles. The number of nitrogens with two attached hydrogens (primary N) is 1. The lowest BCUT2D eigenvalue weighted by Gasteiger charge is -2.44. The normalized spacial score (nSPS) is 51.7. The molecule has 0 aromatic rings. The van der Waals surface area contributed by atoms with Crippen molar-refractivity contribution < 1.29 is 50.0 Å². The van der Waals surface area contributed by atoms with Crippen molar-refractivity contribution >= 4 is 0 Å². The number of hydrogen-bond acceptors (Lipinski definition) is 11. The van der Waals surface area contributed by atoms with Gasteiger partial charge in [-0.2, -0.15) is 0 Å². The van der Waals surface area contributed by atoms with Crippen LogP contribution in [0.1, 0.15) is 0 Å². The lowest BCUT2D eigenvalue weighted by Crippen LogP contribution is -2.64. The van der Waals surface area contributed by atoms with Gasteiger partial charge in [0, 0.05) is 6.54 Å². The lowest BCUT2D eigenvalue weighted by atomic mass is 9.98. The lowest BCUT2D eigenvalue weighted by molar-refractivity contribution is -0.374. The van der Waals surface area contributed by atoms with Crippen molar-refractivity contribution in [2.24, 2.45) is 5.73 Å². The van der Waals surface area contributed by atoms with Crippen LogP contribution in [0.3, 0.4) is 0 Å². The fourth-order valence-electron chi connectivity index (χ4n) is 2.54. The quantitative estimate of drug-likeness (QED) is 0.243. The minimum absolute atomic E-state index is 0.167. The highest BCUT2D eigenvalue weighted by Gasteiger charge is 2.49. The van der Waals surface area contributed by atoms with Gasteiger partial charge < -0.3 is 55.7 Å². The van der Waals surface area contributed by atoms with Gasteiger partial charge in [0.25, 0.3) is 0 Å². The third-order valence-electron chi connectivity index (χ3n) is 4.02. The van der Waals surface area contributed by atoms with Gasteiger partial charge in [0.15, 0.2) is 12.6 Å². The van der Waals surface area contributed by atoms with Crippen molar-refractivity contribution in [1.82, 2.24) is 0 Å². The Hall–Kier alpha value is -0.440. The van der Waals surface area contributed by atoms with E-state index >= 15 is 0 Å². The fraction of sp³-hybridized carbons (Fsp3) is 1.00. The summed E-state index contributed by atoms with van der Waals surface area (Å²) in [5.41, 5.74) is 5.39. The van der Waals surface area contributed by atoms with Gasteiger partial charge in [-0.1, -0.05) is 0 Å². The predicted molar refractivity (Wildman–Crippen MR) is 70.6 cm³/mol. The van der Waals surface area contributed by atoms with Crippen LogP contribution >= 0.6 is 0 Å². The van der Waals surface area contributed by atoms with E-state index in [2.05, 4.69) is 0 Å². The summed E-state index contributed by atoms with van der Waals surface area (Å²) in [6, 6.07) is 0. The van der Waals surface area contributed by atoms with Gasteiger partial charge in [-0.05, 0) is 0 Å². The Labute approximate surface area is 131 Å². The summed E-state index contributed by atoms with van der Waals surface area (Å²) in [7, 11) is 0. The van der Waals surface area contributed by atoms with E-state index in [4.69, 9.17) is 25.1 Å². The molecule has 5 unspecified atom stereocenters. The van der Waals surface area contributed by atoms with Gasteiger partial charge in [-0.3, -0.25) is 0 Å². The Morgan fingerprint density at radius 3 is 1.57 bits per heavy atom. The molecule has 10 atom stereocenters. The fourth-order valence-corrected chi connectivity index (χ4v) is 2.54.